The first-order valence-corrected chi connectivity index (χ1v) is 9.00. The Hall–Kier alpha value is -2.19. The van der Waals surface area contributed by atoms with Gasteiger partial charge in [-0.15, -0.1) is 0 Å². The molecule has 25 heavy (non-hydrogen) atoms. The first-order chi connectivity index (χ1) is 12.2. The number of nitrogens with two attached hydrogens (primary N) is 1. The number of nitrogen functional groups attached to an aromatic ring is 1. The maximum atomic E-state index is 5.98. The molecule has 8 heteroatoms. The van der Waals surface area contributed by atoms with Gasteiger partial charge in [-0.3, -0.25) is 4.90 Å². The van der Waals surface area contributed by atoms with E-state index in [0.29, 0.717) is 5.95 Å². The highest BCUT2D eigenvalue weighted by atomic mass is 15.3. The maximum absolute atomic E-state index is 5.98. The third-order valence-corrected chi connectivity index (χ3v) is 5.14. The highest BCUT2D eigenvalue weighted by Crippen LogP contribution is 2.25. The molecule has 0 aliphatic carbocycles. The van der Waals surface area contributed by atoms with Crippen LogP contribution in [0.2, 0.25) is 0 Å². The molecule has 4 heterocycles. The molecule has 2 aliphatic rings. The summed E-state index contributed by atoms with van der Waals surface area (Å²) in [5, 5.41) is 3.44. The number of hydrogen-bond donors (Lipinski definition) is 2. The summed E-state index contributed by atoms with van der Waals surface area (Å²) in [4.78, 5) is 18.3. The van der Waals surface area contributed by atoms with Gasteiger partial charge in [-0.25, -0.2) is 9.97 Å². The number of nitrogens with one attached hydrogen (secondary N) is 1. The van der Waals surface area contributed by atoms with Gasteiger partial charge in [0.2, 0.25) is 5.95 Å². The summed E-state index contributed by atoms with van der Waals surface area (Å²) in [5.74, 6) is 2.55. The summed E-state index contributed by atoms with van der Waals surface area (Å²) in [6.07, 6.45) is 5.75. The Morgan fingerprint density at radius 3 is 2.68 bits per heavy atom. The van der Waals surface area contributed by atoms with Crippen molar-refractivity contribution in [1.82, 2.24) is 29.7 Å². The average Bonchev–Trinajstić information content (AvgIpc) is 2.87. The fraction of sp³-hybridized carbons (Fsp3) is 0.588. The lowest BCUT2D eigenvalue weighted by Gasteiger charge is -2.36. The van der Waals surface area contributed by atoms with Crippen molar-refractivity contribution >= 4 is 11.8 Å². The minimum absolute atomic E-state index is 0.395. The molecule has 134 valence electrons. The fourth-order valence-corrected chi connectivity index (χ4v) is 3.67. The van der Waals surface area contributed by atoms with Crippen LogP contribution in [0.3, 0.4) is 0 Å². The zero-order chi connectivity index (χ0) is 17.2. The topological polar surface area (TPSA) is 88.1 Å². The van der Waals surface area contributed by atoms with Crippen LogP contribution in [0.25, 0.3) is 0 Å². The predicted octanol–water partition coefficient (Wildman–Crippen LogP) is -0.197. The fourth-order valence-electron chi connectivity index (χ4n) is 3.67. The van der Waals surface area contributed by atoms with Crippen LogP contribution in [0.5, 0.6) is 0 Å². The zero-order valence-electron chi connectivity index (χ0n) is 14.8. The quantitative estimate of drug-likeness (QED) is 0.799. The minimum atomic E-state index is 0.395. The van der Waals surface area contributed by atoms with Crippen molar-refractivity contribution in [3.63, 3.8) is 0 Å². The molecule has 4 rings (SSSR count). The second-order valence-electron chi connectivity index (χ2n) is 6.80. The molecule has 0 saturated carbocycles. The third kappa shape index (κ3) is 3.45. The summed E-state index contributed by atoms with van der Waals surface area (Å²) in [7, 11) is 2.05. The van der Waals surface area contributed by atoms with E-state index in [2.05, 4.69) is 34.6 Å². The van der Waals surface area contributed by atoms with Gasteiger partial charge in [0.1, 0.15) is 11.6 Å². The number of nitrogens with zero attached hydrogens (tertiary/aromatic N) is 6. The molecule has 2 aromatic rings. The highest BCUT2D eigenvalue weighted by molar-refractivity contribution is 5.53. The standard InChI is InChI=1S/C17H26N8/c1-23-7-6-20-15(23)12-24-8-10-25(11-9-24)16-13-2-4-19-5-3-14(13)21-17(18)22-16/h6-7,19H,2-5,8-12H2,1H3,(H2,18,21,22). The van der Waals surface area contributed by atoms with Crippen molar-refractivity contribution < 1.29 is 0 Å². The largest absolute Gasteiger partial charge is 0.368 e. The van der Waals surface area contributed by atoms with E-state index >= 15 is 0 Å². The molecular weight excluding hydrogens is 316 g/mol. The molecule has 0 aromatic carbocycles. The second kappa shape index (κ2) is 6.97. The molecule has 0 amide bonds. The minimum Gasteiger partial charge on any atom is -0.368 e. The smallest absolute Gasteiger partial charge is 0.222 e. The number of aryl methyl sites for hydroxylation is 1. The lowest BCUT2D eigenvalue weighted by molar-refractivity contribution is 0.241. The molecule has 8 nitrogen and oxygen atoms in total. The van der Waals surface area contributed by atoms with E-state index in [1.807, 2.05) is 19.4 Å². The molecule has 2 aliphatic heterocycles. The van der Waals surface area contributed by atoms with Crippen LogP contribution in [-0.2, 0) is 26.4 Å². The van der Waals surface area contributed by atoms with Crippen molar-refractivity contribution in [2.24, 2.45) is 7.05 Å². The molecule has 0 atom stereocenters. The molecule has 2 aromatic heterocycles. The van der Waals surface area contributed by atoms with E-state index in [1.165, 1.54) is 5.56 Å². The third-order valence-electron chi connectivity index (χ3n) is 5.14. The Balaban J connectivity index is 1.47. The van der Waals surface area contributed by atoms with Gasteiger partial charge in [-0.05, 0) is 13.0 Å². The van der Waals surface area contributed by atoms with E-state index in [9.17, 15) is 0 Å². The number of anilines is 2. The van der Waals surface area contributed by atoms with Gasteiger partial charge in [-0.1, -0.05) is 0 Å². The van der Waals surface area contributed by atoms with Crippen LogP contribution in [0.15, 0.2) is 12.4 Å². The molecule has 0 spiro atoms. The summed E-state index contributed by atoms with van der Waals surface area (Å²) in [5.41, 5.74) is 8.37. The van der Waals surface area contributed by atoms with Gasteiger partial charge in [0.15, 0.2) is 0 Å². The number of hydrogen-bond acceptors (Lipinski definition) is 7. The van der Waals surface area contributed by atoms with Crippen molar-refractivity contribution in [3.05, 3.63) is 29.5 Å². The molecular formula is C17H26N8. The van der Waals surface area contributed by atoms with Gasteiger partial charge < -0.3 is 20.5 Å². The molecule has 3 N–H and O–H groups in total. The first-order valence-electron chi connectivity index (χ1n) is 9.00. The van der Waals surface area contributed by atoms with Crippen molar-refractivity contribution in [1.29, 1.82) is 0 Å². The Bertz CT molecular complexity index is 732. The van der Waals surface area contributed by atoms with E-state index in [-0.39, 0.29) is 0 Å². The van der Waals surface area contributed by atoms with Gasteiger partial charge in [-0.2, -0.15) is 4.98 Å². The number of piperazine rings is 1. The molecule has 1 saturated heterocycles. The SMILES string of the molecule is Cn1ccnc1CN1CCN(c2nc(N)nc3c2CCNCC3)CC1. The molecule has 1 fully saturated rings. The van der Waals surface area contributed by atoms with Crippen LogP contribution in [0, 0.1) is 0 Å². The normalized spacial score (nSPS) is 18.8. The van der Waals surface area contributed by atoms with Crippen molar-refractivity contribution in [2.75, 3.05) is 49.9 Å². The molecule has 0 bridgehead atoms. The van der Waals surface area contributed by atoms with Crippen LogP contribution in [0.4, 0.5) is 11.8 Å². The van der Waals surface area contributed by atoms with Gasteiger partial charge in [0.05, 0.1) is 12.2 Å². The van der Waals surface area contributed by atoms with Gasteiger partial charge >= 0.3 is 0 Å². The van der Waals surface area contributed by atoms with E-state index in [0.717, 1.165) is 76.0 Å². The maximum Gasteiger partial charge on any atom is 0.222 e. The number of imidazole rings is 1. The highest BCUT2D eigenvalue weighted by Gasteiger charge is 2.24. The summed E-state index contributed by atoms with van der Waals surface area (Å²) in [6, 6.07) is 0. The van der Waals surface area contributed by atoms with Crippen LogP contribution in [-0.4, -0.2) is 63.7 Å². The molecule has 0 radical (unpaired) electrons. The zero-order valence-corrected chi connectivity index (χ0v) is 14.8. The number of rotatable bonds is 3. The Kier molecular flexibility index (Phi) is 4.54. The number of fused-ring (bicyclic) bond motifs is 1. The second-order valence-corrected chi connectivity index (χ2v) is 6.80. The lowest BCUT2D eigenvalue weighted by Crippen LogP contribution is -2.47. The Labute approximate surface area is 148 Å². The van der Waals surface area contributed by atoms with Gasteiger partial charge in [0, 0.05) is 64.1 Å². The van der Waals surface area contributed by atoms with Crippen LogP contribution >= 0.6 is 0 Å². The lowest BCUT2D eigenvalue weighted by atomic mass is 10.1. The summed E-state index contributed by atoms with van der Waals surface area (Å²) >= 11 is 0. The summed E-state index contributed by atoms with van der Waals surface area (Å²) in [6.45, 7) is 6.76. The first kappa shape index (κ1) is 16.3. The average molecular weight is 342 g/mol. The summed E-state index contributed by atoms with van der Waals surface area (Å²) < 4.78 is 2.09. The van der Waals surface area contributed by atoms with E-state index in [1.54, 1.807) is 0 Å². The van der Waals surface area contributed by atoms with Crippen molar-refractivity contribution in [3.8, 4) is 0 Å². The monoisotopic (exact) mass is 342 g/mol. The molecule has 0 unspecified atom stereocenters. The van der Waals surface area contributed by atoms with E-state index < -0.39 is 0 Å². The van der Waals surface area contributed by atoms with E-state index in [4.69, 9.17) is 5.73 Å². The van der Waals surface area contributed by atoms with Crippen LogP contribution in [0.1, 0.15) is 17.1 Å². The van der Waals surface area contributed by atoms with Crippen LogP contribution < -0.4 is 16.0 Å². The predicted molar refractivity (Wildman–Crippen MR) is 97.4 cm³/mol. The Morgan fingerprint density at radius 1 is 1.12 bits per heavy atom. The van der Waals surface area contributed by atoms with Crippen molar-refractivity contribution in [2.45, 2.75) is 19.4 Å². The van der Waals surface area contributed by atoms with Gasteiger partial charge in [0.25, 0.3) is 0 Å². The Morgan fingerprint density at radius 2 is 1.92 bits per heavy atom. The number of aromatic nitrogens is 4.